The van der Waals surface area contributed by atoms with Crippen molar-refractivity contribution in [2.24, 2.45) is 5.92 Å². The molecule has 3 N–H and O–H groups in total. The Bertz CT molecular complexity index is 377. The lowest BCUT2D eigenvalue weighted by atomic mass is 9.99. The summed E-state index contributed by atoms with van der Waals surface area (Å²) in [6.45, 7) is 1.98. The van der Waals surface area contributed by atoms with E-state index in [2.05, 4.69) is 5.32 Å². The predicted octanol–water partition coefficient (Wildman–Crippen LogP) is 3.54. The summed E-state index contributed by atoms with van der Waals surface area (Å²) >= 11 is 0. The van der Waals surface area contributed by atoms with Crippen LogP contribution in [-0.2, 0) is 0 Å². The van der Waals surface area contributed by atoms with Gasteiger partial charge in [0.15, 0.2) is 11.6 Å². The van der Waals surface area contributed by atoms with E-state index in [1.807, 2.05) is 6.92 Å². The Morgan fingerprint density at radius 3 is 2.29 bits per heavy atom. The fraction of sp³-hybridized carbons (Fsp3) is 0.538. The van der Waals surface area contributed by atoms with Gasteiger partial charge in [-0.25, -0.2) is 8.78 Å². The number of rotatable bonds is 3. The maximum Gasteiger partial charge on any atom is 0.151 e. The Morgan fingerprint density at radius 2 is 1.76 bits per heavy atom. The lowest BCUT2D eigenvalue weighted by Gasteiger charge is -2.22. The number of hydrogen-bond acceptors (Lipinski definition) is 2. The third-order valence-electron chi connectivity index (χ3n) is 3.54. The molecule has 1 aliphatic rings. The van der Waals surface area contributed by atoms with Crippen LogP contribution in [-0.4, -0.2) is 6.04 Å². The molecular weight excluding hydrogens is 222 g/mol. The molecule has 2 rings (SSSR count). The average molecular weight is 240 g/mol. The molecule has 1 aliphatic carbocycles. The molecule has 1 atom stereocenters. The van der Waals surface area contributed by atoms with Crippen LogP contribution in [0, 0.1) is 17.6 Å². The molecule has 94 valence electrons. The van der Waals surface area contributed by atoms with E-state index in [0.29, 0.717) is 5.92 Å². The van der Waals surface area contributed by atoms with E-state index < -0.39 is 11.6 Å². The van der Waals surface area contributed by atoms with Gasteiger partial charge in [-0.15, -0.1) is 0 Å². The standard InChI is InChI=1S/C13H18F2N2/c1-8(9-4-2-3-5-9)17-13-11(14)6-10(16)7-12(13)15/h6-9,17H,2-5,16H2,1H3. The highest BCUT2D eigenvalue weighted by Gasteiger charge is 2.23. The number of halogens is 2. The number of nitrogen functional groups attached to an aromatic ring is 1. The van der Waals surface area contributed by atoms with Gasteiger partial charge in [0, 0.05) is 11.7 Å². The SMILES string of the molecule is CC(Nc1c(F)cc(N)cc1F)C1CCCC1. The van der Waals surface area contributed by atoms with Crippen LogP contribution in [0.5, 0.6) is 0 Å². The molecule has 0 spiro atoms. The van der Waals surface area contributed by atoms with Gasteiger partial charge in [0.25, 0.3) is 0 Å². The summed E-state index contributed by atoms with van der Waals surface area (Å²) in [7, 11) is 0. The highest BCUT2D eigenvalue weighted by atomic mass is 19.1. The van der Waals surface area contributed by atoms with Crippen molar-refractivity contribution < 1.29 is 8.78 Å². The molecule has 0 saturated heterocycles. The van der Waals surface area contributed by atoms with Gasteiger partial charge in [-0.05, 0) is 37.8 Å². The van der Waals surface area contributed by atoms with Crippen LogP contribution >= 0.6 is 0 Å². The van der Waals surface area contributed by atoms with E-state index in [1.165, 1.54) is 12.8 Å². The topological polar surface area (TPSA) is 38.0 Å². The molecule has 1 saturated carbocycles. The Kier molecular flexibility index (Phi) is 3.50. The van der Waals surface area contributed by atoms with Gasteiger partial charge in [0.2, 0.25) is 0 Å². The zero-order valence-electron chi connectivity index (χ0n) is 9.97. The van der Waals surface area contributed by atoms with E-state index in [-0.39, 0.29) is 17.4 Å². The minimum absolute atomic E-state index is 0.0569. The maximum atomic E-state index is 13.6. The van der Waals surface area contributed by atoms with Crippen molar-refractivity contribution in [3.63, 3.8) is 0 Å². The van der Waals surface area contributed by atoms with Crippen molar-refractivity contribution >= 4 is 11.4 Å². The van der Waals surface area contributed by atoms with Gasteiger partial charge in [-0.3, -0.25) is 0 Å². The number of nitrogens with two attached hydrogens (primary N) is 1. The molecule has 17 heavy (non-hydrogen) atoms. The van der Waals surface area contributed by atoms with Crippen molar-refractivity contribution in [2.45, 2.75) is 38.6 Å². The molecule has 1 aromatic carbocycles. The molecule has 2 nitrogen and oxygen atoms in total. The normalized spacial score (nSPS) is 18.3. The molecule has 4 heteroatoms. The first-order valence-corrected chi connectivity index (χ1v) is 6.09. The Labute approximate surface area is 100 Å². The van der Waals surface area contributed by atoms with Gasteiger partial charge < -0.3 is 11.1 Å². The van der Waals surface area contributed by atoms with Crippen LogP contribution in [0.2, 0.25) is 0 Å². The minimum atomic E-state index is -0.618. The summed E-state index contributed by atoms with van der Waals surface area (Å²) in [4.78, 5) is 0. The Hall–Kier alpha value is -1.32. The smallest absolute Gasteiger partial charge is 0.151 e. The van der Waals surface area contributed by atoms with Gasteiger partial charge in [-0.2, -0.15) is 0 Å². The van der Waals surface area contributed by atoms with Gasteiger partial charge in [-0.1, -0.05) is 12.8 Å². The van der Waals surface area contributed by atoms with Crippen LogP contribution in [0.1, 0.15) is 32.6 Å². The van der Waals surface area contributed by atoms with Crippen LogP contribution < -0.4 is 11.1 Å². The highest BCUT2D eigenvalue weighted by molar-refractivity contribution is 5.54. The second kappa shape index (κ2) is 4.90. The number of nitrogens with one attached hydrogen (secondary N) is 1. The van der Waals surface area contributed by atoms with Crippen molar-refractivity contribution in [2.75, 3.05) is 11.1 Å². The Balaban J connectivity index is 2.12. The van der Waals surface area contributed by atoms with Gasteiger partial charge >= 0.3 is 0 Å². The van der Waals surface area contributed by atoms with E-state index >= 15 is 0 Å². The summed E-state index contributed by atoms with van der Waals surface area (Å²) in [5.74, 6) is -0.731. The highest BCUT2D eigenvalue weighted by Crippen LogP contribution is 2.31. The summed E-state index contributed by atoms with van der Waals surface area (Å²) in [6, 6.07) is 2.38. The number of hydrogen-bond donors (Lipinski definition) is 2. The molecular formula is C13H18F2N2. The number of anilines is 2. The molecule has 0 bridgehead atoms. The summed E-state index contributed by atoms with van der Waals surface area (Å²) < 4.78 is 27.2. The molecule has 1 unspecified atom stereocenters. The zero-order chi connectivity index (χ0) is 12.4. The van der Waals surface area contributed by atoms with Crippen molar-refractivity contribution in [3.8, 4) is 0 Å². The quantitative estimate of drug-likeness (QED) is 0.793. The average Bonchev–Trinajstić information content (AvgIpc) is 2.76. The third kappa shape index (κ3) is 2.68. The zero-order valence-corrected chi connectivity index (χ0v) is 9.97. The van der Waals surface area contributed by atoms with Crippen molar-refractivity contribution in [1.82, 2.24) is 0 Å². The molecule has 1 fully saturated rings. The molecule has 0 aliphatic heterocycles. The predicted molar refractivity (Wildman–Crippen MR) is 65.8 cm³/mol. The molecule has 1 aromatic rings. The van der Waals surface area contributed by atoms with Gasteiger partial charge in [0.1, 0.15) is 5.69 Å². The Morgan fingerprint density at radius 1 is 1.24 bits per heavy atom. The van der Waals surface area contributed by atoms with Crippen molar-refractivity contribution in [1.29, 1.82) is 0 Å². The molecule has 0 aromatic heterocycles. The molecule has 0 heterocycles. The van der Waals surface area contributed by atoms with Crippen LogP contribution in [0.15, 0.2) is 12.1 Å². The van der Waals surface area contributed by atoms with E-state index in [9.17, 15) is 8.78 Å². The maximum absolute atomic E-state index is 13.6. The third-order valence-corrected chi connectivity index (χ3v) is 3.54. The van der Waals surface area contributed by atoms with E-state index in [1.54, 1.807) is 0 Å². The van der Waals surface area contributed by atoms with Crippen LogP contribution in [0.3, 0.4) is 0 Å². The van der Waals surface area contributed by atoms with E-state index in [4.69, 9.17) is 5.73 Å². The fourth-order valence-electron chi connectivity index (χ4n) is 2.53. The first kappa shape index (κ1) is 12.1. The second-order valence-electron chi connectivity index (χ2n) is 4.84. The van der Waals surface area contributed by atoms with E-state index in [0.717, 1.165) is 25.0 Å². The summed E-state index contributed by atoms with van der Waals surface area (Å²) in [6.07, 6.45) is 4.69. The lowest BCUT2D eigenvalue weighted by molar-refractivity contribution is 0.475. The first-order chi connectivity index (χ1) is 8.08. The first-order valence-electron chi connectivity index (χ1n) is 6.09. The number of benzene rings is 1. The molecule has 0 radical (unpaired) electrons. The van der Waals surface area contributed by atoms with Crippen LogP contribution in [0.4, 0.5) is 20.2 Å². The monoisotopic (exact) mass is 240 g/mol. The minimum Gasteiger partial charge on any atom is -0.399 e. The fourth-order valence-corrected chi connectivity index (χ4v) is 2.53. The van der Waals surface area contributed by atoms with Crippen LogP contribution in [0.25, 0.3) is 0 Å². The summed E-state index contributed by atoms with van der Waals surface area (Å²) in [5, 5.41) is 2.94. The van der Waals surface area contributed by atoms with Crippen molar-refractivity contribution in [3.05, 3.63) is 23.8 Å². The van der Waals surface area contributed by atoms with Gasteiger partial charge in [0.05, 0.1) is 0 Å². The summed E-state index contributed by atoms with van der Waals surface area (Å²) in [5.41, 5.74) is 5.43. The second-order valence-corrected chi connectivity index (χ2v) is 4.84. The molecule has 0 amide bonds. The largest absolute Gasteiger partial charge is 0.399 e. The lowest BCUT2D eigenvalue weighted by Crippen LogP contribution is -2.25.